The lowest BCUT2D eigenvalue weighted by Crippen LogP contribution is -2.42. The Kier molecular flexibility index (Phi) is 4.98. The third-order valence-corrected chi connectivity index (χ3v) is 3.84. The number of aliphatic hydroxyl groups excluding tert-OH is 2. The van der Waals surface area contributed by atoms with Gasteiger partial charge in [-0.05, 0) is 29.8 Å². The molecule has 0 radical (unpaired) electrons. The van der Waals surface area contributed by atoms with Gasteiger partial charge in [0.05, 0.1) is 12.6 Å². The number of benzene rings is 2. The van der Waals surface area contributed by atoms with Crippen molar-refractivity contribution in [2.45, 2.75) is 12.1 Å². The van der Waals surface area contributed by atoms with Gasteiger partial charge in [-0.25, -0.2) is 0 Å². The van der Waals surface area contributed by atoms with Crippen LogP contribution in [0, 0.1) is 0 Å². The zero-order valence-electron chi connectivity index (χ0n) is 13.0. The summed E-state index contributed by atoms with van der Waals surface area (Å²) in [6.07, 6.45) is -1.07. The molecule has 6 nitrogen and oxygen atoms in total. The Morgan fingerprint density at radius 2 is 1.79 bits per heavy atom. The number of amides is 1. The fourth-order valence-corrected chi connectivity index (χ4v) is 2.54. The second-order valence-corrected chi connectivity index (χ2v) is 5.48. The molecule has 24 heavy (non-hydrogen) atoms. The molecule has 0 bridgehead atoms. The van der Waals surface area contributed by atoms with Crippen molar-refractivity contribution in [3.8, 4) is 11.5 Å². The normalized spacial score (nSPS) is 15.4. The van der Waals surface area contributed by atoms with Crippen LogP contribution in [0.2, 0.25) is 0 Å². The van der Waals surface area contributed by atoms with Crippen LogP contribution in [-0.4, -0.2) is 42.0 Å². The average molecular weight is 329 g/mol. The van der Waals surface area contributed by atoms with E-state index in [2.05, 4.69) is 5.32 Å². The summed E-state index contributed by atoms with van der Waals surface area (Å²) in [6, 6.07) is 12.9. The Morgan fingerprint density at radius 3 is 2.50 bits per heavy atom. The topological polar surface area (TPSA) is 88.0 Å². The molecule has 0 unspecified atom stereocenters. The molecule has 1 aliphatic heterocycles. The second kappa shape index (κ2) is 7.33. The van der Waals surface area contributed by atoms with E-state index in [1.54, 1.807) is 42.5 Å². The van der Waals surface area contributed by atoms with Gasteiger partial charge in [-0.3, -0.25) is 4.79 Å². The Labute approximate surface area is 139 Å². The minimum absolute atomic E-state index is 0.355. The van der Waals surface area contributed by atoms with Crippen LogP contribution < -0.4 is 14.8 Å². The van der Waals surface area contributed by atoms with Gasteiger partial charge in [0.15, 0.2) is 11.5 Å². The minimum Gasteiger partial charge on any atom is -0.486 e. The molecule has 1 heterocycles. The van der Waals surface area contributed by atoms with Crippen LogP contribution in [0.4, 0.5) is 0 Å². The highest BCUT2D eigenvalue weighted by atomic mass is 16.6. The van der Waals surface area contributed by atoms with Crippen molar-refractivity contribution in [3.63, 3.8) is 0 Å². The van der Waals surface area contributed by atoms with Crippen molar-refractivity contribution in [3.05, 3.63) is 59.7 Å². The summed E-state index contributed by atoms with van der Waals surface area (Å²) < 4.78 is 10.9. The molecule has 2 aromatic carbocycles. The maximum absolute atomic E-state index is 12.2. The number of fused-ring (bicyclic) bond motifs is 1. The predicted octanol–water partition coefficient (Wildman–Crippen LogP) is 1.28. The Morgan fingerprint density at radius 1 is 1.08 bits per heavy atom. The number of carbonyl (C=O) groups is 1. The monoisotopic (exact) mass is 329 g/mol. The fourth-order valence-electron chi connectivity index (χ4n) is 2.54. The second-order valence-electron chi connectivity index (χ2n) is 5.48. The predicted molar refractivity (Wildman–Crippen MR) is 87.2 cm³/mol. The number of rotatable bonds is 5. The molecule has 0 saturated heterocycles. The summed E-state index contributed by atoms with van der Waals surface area (Å²) in [5.74, 6) is 0.807. The lowest BCUT2D eigenvalue weighted by molar-refractivity contribution is 0.0700. The summed E-state index contributed by atoms with van der Waals surface area (Å²) in [5, 5.41) is 22.7. The van der Waals surface area contributed by atoms with Crippen LogP contribution in [0.5, 0.6) is 11.5 Å². The van der Waals surface area contributed by atoms with Crippen LogP contribution in [0.25, 0.3) is 0 Å². The van der Waals surface area contributed by atoms with Crippen LogP contribution >= 0.6 is 0 Å². The van der Waals surface area contributed by atoms with Gasteiger partial charge in [0.2, 0.25) is 0 Å². The first-order valence-electron chi connectivity index (χ1n) is 7.73. The van der Waals surface area contributed by atoms with E-state index in [-0.39, 0.29) is 5.91 Å². The highest BCUT2D eigenvalue weighted by molar-refractivity contribution is 5.94. The smallest absolute Gasteiger partial charge is 0.251 e. The van der Waals surface area contributed by atoms with Gasteiger partial charge in [-0.15, -0.1) is 0 Å². The van der Waals surface area contributed by atoms with Crippen molar-refractivity contribution < 1.29 is 24.5 Å². The molecule has 3 rings (SSSR count). The van der Waals surface area contributed by atoms with E-state index in [1.807, 2.05) is 6.07 Å². The molecule has 1 amide bonds. The molecular formula is C18H19NO5. The number of aliphatic hydroxyl groups is 2. The Bertz CT molecular complexity index is 704. The van der Waals surface area contributed by atoms with E-state index >= 15 is 0 Å². The molecule has 0 spiro atoms. The van der Waals surface area contributed by atoms with E-state index < -0.39 is 18.8 Å². The van der Waals surface area contributed by atoms with Gasteiger partial charge in [-0.2, -0.15) is 0 Å². The van der Waals surface area contributed by atoms with Gasteiger partial charge in [-0.1, -0.05) is 24.3 Å². The van der Waals surface area contributed by atoms with E-state index in [9.17, 15) is 15.0 Å². The highest BCUT2D eigenvalue weighted by Gasteiger charge is 2.24. The van der Waals surface area contributed by atoms with Crippen molar-refractivity contribution >= 4 is 5.91 Å². The molecular weight excluding hydrogens is 310 g/mol. The lowest BCUT2D eigenvalue weighted by Gasteiger charge is -2.24. The molecule has 0 aliphatic carbocycles. The summed E-state index contributed by atoms with van der Waals surface area (Å²) in [4.78, 5) is 12.2. The summed E-state index contributed by atoms with van der Waals surface area (Å²) in [6.45, 7) is 0.538. The van der Waals surface area contributed by atoms with E-state index in [1.165, 1.54) is 0 Å². The zero-order valence-corrected chi connectivity index (χ0v) is 13.0. The number of ether oxygens (including phenoxy) is 2. The van der Waals surface area contributed by atoms with Crippen molar-refractivity contribution in [2.24, 2.45) is 0 Å². The third-order valence-electron chi connectivity index (χ3n) is 3.84. The summed E-state index contributed by atoms with van der Waals surface area (Å²) >= 11 is 0. The maximum atomic E-state index is 12.2. The number of hydrogen-bond acceptors (Lipinski definition) is 5. The first kappa shape index (κ1) is 16.3. The van der Waals surface area contributed by atoms with Gasteiger partial charge in [0.1, 0.15) is 19.3 Å². The van der Waals surface area contributed by atoms with E-state index in [0.717, 1.165) is 0 Å². The quantitative estimate of drug-likeness (QED) is 0.769. The van der Waals surface area contributed by atoms with Gasteiger partial charge < -0.3 is 25.0 Å². The molecule has 2 atom stereocenters. The zero-order chi connectivity index (χ0) is 16.9. The number of hydrogen-bond donors (Lipinski definition) is 3. The summed E-state index contributed by atoms with van der Waals surface area (Å²) in [5.41, 5.74) is 0.997. The largest absolute Gasteiger partial charge is 0.486 e. The first-order valence-corrected chi connectivity index (χ1v) is 7.73. The summed E-state index contributed by atoms with van der Waals surface area (Å²) in [7, 11) is 0. The van der Waals surface area contributed by atoms with Crippen LogP contribution in [0.3, 0.4) is 0 Å². The van der Waals surface area contributed by atoms with Crippen LogP contribution in [0.15, 0.2) is 48.5 Å². The van der Waals surface area contributed by atoms with Gasteiger partial charge in [0, 0.05) is 5.56 Å². The van der Waals surface area contributed by atoms with Crippen molar-refractivity contribution in [1.82, 2.24) is 5.32 Å². The molecule has 0 aromatic heterocycles. The Balaban J connectivity index is 1.74. The molecule has 2 aromatic rings. The first-order chi connectivity index (χ1) is 11.7. The van der Waals surface area contributed by atoms with Gasteiger partial charge in [0.25, 0.3) is 5.91 Å². The Hall–Kier alpha value is -2.57. The number of carbonyl (C=O) groups excluding carboxylic acids is 1. The molecule has 3 N–H and O–H groups in total. The fraction of sp³-hybridized carbons (Fsp3) is 0.278. The average Bonchev–Trinajstić information content (AvgIpc) is 2.65. The molecule has 1 aliphatic rings. The maximum Gasteiger partial charge on any atom is 0.251 e. The van der Waals surface area contributed by atoms with Crippen LogP contribution in [-0.2, 0) is 0 Å². The van der Waals surface area contributed by atoms with Crippen molar-refractivity contribution in [1.29, 1.82) is 0 Å². The molecule has 126 valence electrons. The van der Waals surface area contributed by atoms with Gasteiger partial charge >= 0.3 is 0 Å². The minimum atomic E-state index is -1.07. The third kappa shape index (κ3) is 3.50. The molecule has 0 fully saturated rings. The van der Waals surface area contributed by atoms with E-state index in [0.29, 0.717) is 35.8 Å². The standard InChI is InChI=1S/C18H19NO5/c20-11-14(19-18(22)12-4-2-1-3-5-12)17(21)13-6-7-15-16(10-13)24-9-8-23-15/h1-7,10,14,17,20-21H,8-9,11H2,(H,19,22)/t14-,17-/m1/s1. The number of nitrogens with one attached hydrogen (secondary N) is 1. The highest BCUT2D eigenvalue weighted by Crippen LogP contribution is 2.33. The SMILES string of the molecule is O=C(N[C@H](CO)[C@H](O)c1ccc2c(c1)OCCO2)c1ccccc1. The lowest BCUT2D eigenvalue weighted by atomic mass is 10.0. The van der Waals surface area contributed by atoms with E-state index in [4.69, 9.17) is 9.47 Å². The molecule has 6 heteroatoms. The van der Waals surface area contributed by atoms with Crippen molar-refractivity contribution in [2.75, 3.05) is 19.8 Å². The van der Waals surface area contributed by atoms with Crippen LogP contribution in [0.1, 0.15) is 22.0 Å². The molecule has 0 saturated carbocycles.